The van der Waals surface area contributed by atoms with E-state index in [1.165, 1.54) is 25.7 Å². The van der Waals surface area contributed by atoms with Gasteiger partial charge in [0.1, 0.15) is 5.69 Å². The highest BCUT2D eigenvalue weighted by molar-refractivity contribution is 5.93. The third-order valence-corrected chi connectivity index (χ3v) is 3.06. The first-order chi connectivity index (χ1) is 7.77. The molecule has 1 fully saturated rings. The van der Waals surface area contributed by atoms with Crippen LogP contribution in [0.5, 0.6) is 0 Å². The zero-order valence-electron chi connectivity index (χ0n) is 9.53. The number of rotatable bonds is 2. The zero-order valence-corrected chi connectivity index (χ0v) is 9.53. The van der Waals surface area contributed by atoms with E-state index in [4.69, 9.17) is 0 Å². The van der Waals surface area contributed by atoms with Gasteiger partial charge in [-0.3, -0.25) is 4.79 Å². The van der Waals surface area contributed by atoms with Crippen LogP contribution >= 0.6 is 0 Å². The predicted octanol–water partition coefficient (Wildman–Crippen LogP) is 1.83. The summed E-state index contributed by atoms with van der Waals surface area (Å²) in [6, 6.07) is 0.283. The Bertz CT molecular complexity index is 354. The fourth-order valence-corrected chi connectivity index (χ4v) is 2.11. The van der Waals surface area contributed by atoms with Gasteiger partial charge in [0.15, 0.2) is 5.69 Å². The van der Waals surface area contributed by atoms with Crippen LogP contribution in [0.1, 0.15) is 54.7 Å². The molecule has 0 spiro atoms. The Hall–Kier alpha value is -1.39. The van der Waals surface area contributed by atoms with Gasteiger partial charge in [-0.25, -0.2) is 4.63 Å². The van der Waals surface area contributed by atoms with Gasteiger partial charge in [0, 0.05) is 6.04 Å². The first-order valence-electron chi connectivity index (χ1n) is 5.87. The Labute approximate surface area is 94.6 Å². The molecular formula is C11H17N3O2. The van der Waals surface area contributed by atoms with Crippen LogP contribution in [0.15, 0.2) is 4.63 Å². The number of aromatic nitrogens is 2. The lowest BCUT2D eigenvalue weighted by atomic mass is 10.1. The molecular weight excluding hydrogens is 206 g/mol. The molecule has 0 atom stereocenters. The topological polar surface area (TPSA) is 68.0 Å². The molecule has 0 unspecified atom stereocenters. The molecule has 0 saturated heterocycles. The molecule has 0 aromatic carbocycles. The molecule has 1 aromatic rings. The van der Waals surface area contributed by atoms with Gasteiger partial charge in [-0.15, -0.1) is 0 Å². The van der Waals surface area contributed by atoms with Crippen LogP contribution in [-0.4, -0.2) is 22.3 Å². The van der Waals surface area contributed by atoms with E-state index in [1.807, 2.05) is 0 Å². The fraction of sp³-hybridized carbons (Fsp3) is 0.727. The Kier molecular flexibility index (Phi) is 3.54. The second-order valence-corrected chi connectivity index (χ2v) is 4.36. The highest BCUT2D eigenvalue weighted by Crippen LogP contribution is 2.17. The Balaban J connectivity index is 1.93. The summed E-state index contributed by atoms with van der Waals surface area (Å²) in [6.07, 6.45) is 7.07. The minimum Gasteiger partial charge on any atom is -0.348 e. The van der Waals surface area contributed by atoms with E-state index in [-0.39, 0.29) is 11.9 Å². The lowest BCUT2D eigenvalue weighted by Gasteiger charge is -2.14. The van der Waals surface area contributed by atoms with Crippen molar-refractivity contribution in [3.05, 3.63) is 11.4 Å². The number of nitrogens with zero attached hydrogens (tertiary/aromatic N) is 2. The smallest absolute Gasteiger partial charge is 0.275 e. The number of carbonyl (C=O) groups is 1. The molecule has 1 amide bonds. The fourth-order valence-electron chi connectivity index (χ4n) is 2.11. The number of hydrogen-bond donors (Lipinski definition) is 1. The maximum atomic E-state index is 11.8. The summed E-state index contributed by atoms with van der Waals surface area (Å²) in [6.45, 7) is 1.72. The molecule has 2 rings (SSSR count). The number of amides is 1. The molecule has 0 radical (unpaired) electrons. The lowest BCUT2D eigenvalue weighted by molar-refractivity contribution is 0.0923. The maximum Gasteiger partial charge on any atom is 0.275 e. The molecule has 88 valence electrons. The van der Waals surface area contributed by atoms with E-state index in [9.17, 15) is 4.79 Å². The van der Waals surface area contributed by atoms with Crippen LogP contribution in [0.4, 0.5) is 0 Å². The van der Waals surface area contributed by atoms with Crippen molar-refractivity contribution in [3.63, 3.8) is 0 Å². The van der Waals surface area contributed by atoms with Crippen molar-refractivity contribution in [3.8, 4) is 0 Å². The van der Waals surface area contributed by atoms with Gasteiger partial charge in [0.2, 0.25) is 0 Å². The third-order valence-electron chi connectivity index (χ3n) is 3.06. The SMILES string of the molecule is Cc1nonc1C(=O)NC1CCCCCC1. The molecule has 5 nitrogen and oxygen atoms in total. The number of carbonyl (C=O) groups excluding carboxylic acids is 1. The molecule has 5 heteroatoms. The minimum absolute atomic E-state index is 0.161. The first kappa shape index (κ1) is 11.1. The summed E-state index contributed by atoms with van der Waals surface area (Å²) in [7, 11) is 0. The van der Waals surface area contributed by atoms with E-state index in [0.29, 0.717) is 11.4 Å². The predicted molar refractivity (Wildman–Crippen MR) is 58.0 cm³/mol. The second-order valence-electron chi connectivity index (χ2n) is 4.36. The molecule has 1 heterocycles. The minimum atomic E-state index is -0.161. The van der Waals surface area contributed by atoms with E-state index in [0.717, 1.165) is 12.8 Å². The molecule has 0 aliphatic heterocycles. The Morgan fingerprint density at radius 3 is 2.50 bits per heavy atom. The number of aryl methyl sites for hydroxylation is 1. The average Bonchev–Trinajstić information content (AvgIpc) is 2.53. The van der Waals surface area contributed by atoms with Gasteiger partial charge < -0.3 is 5.32 Å². The molecule has 1 aromatic heterocycles. The highest BCUT2D eigenvalue weighted by Gasteiger charge is 2.19. The summed E-state index contributed by atoms with van der Waals surface area (Å²) < 4.78 is 4.52. The van der Waals surface area contributed by atoms with Crippen molar-refractivity contribution in [2.24, 2.45) is 0 Å². The molecule has 1 saturated carbocycles. The largest absolute Gasteiger partial charge is 0.348 e. The molecule has 16 heavy (non-hydrogen) atoms. The van der Waals surface area contributed by atoms with Crippen molar-refractivity contribution in [1.29, 1.82) is 0 Å². The molecule has 1 N–H and O–H groups in total. The highest BCUT2D eigenvalue weighted by atomic mass is 16.6. The van der Waals surface area contributed by atoms with Gasteiger partial charge in [0.05, 0.1) is 0 Å². The quantitative estimate of drug-likeness (QED) is 0.777. The van der Waals surface area contributed by atoms with Crippen molar-refractivity contribution in [2.75, 3.05) is 0 Å². The van der Waals surface area contributed by atoms with Crippen molar-refractivity contribution in [2.45, 2.75) is 51.5 Å². The van der Waals surface area contributed by atoms with Gasteiger partial charge >= 0.3 is 0 Å². The van der Waals surface area contributed by atoms with Crippen LogP contribution in [0.2, 0.25) is 0 Å². The summed E-state index contributed by atoms with van der Waals surface area (Å²) in [5.41, 5.74) is 0.857. The Morgan fingerprint density at radius 1 is 1.25 bits per heavy atom. The number of nitrogens with one attached hydrogen (secondary N) is 1. The van der Waals surface area contributed by atoms with Crippen LogP contribution in [0.3, 0.4) is 0 Å². The van der Waals surface area contributed by atoms with E-state index >= 15 is 0 Å². The zero-order chi connectivity index (χ0) is 11.4. The van der Waals surface area contributed by atoms with E-state index < -0.39 is 0 Å². The number of hydrogen-bond acceptors (Lipinski definition) is 4. The van der Waals surface area contributed by atoms with Crippen LogP contribution in [-0.2, 0) is 0 Å². The van der Waals surface area contributed by atoms with Crippen LogP contribution in [0.25, 0.3) is 0 Å². The third kappa shape index (κ3) is 2.59. The molecule has 1 aliphatic carbocycles. The average molecular weight is 223 g/mol. The van der Waals surface area contributed by atoms with E-state index in [1.54, 1.807) is 6.92 Å². The van der Waals surface area contributed by atoms with Gasteiger partial charge in [-0.2, -0.15) is 0 Å². The normalized spacial score (nSPS) is 18.1. The van der Waals surface area contributed by atoms with Gasteiger partial charge in [0.25, 0.3) is 5.91 Å². The summed E-state index contributed by atoms with van der Waals surface area (Å²) >= 11 is 0. The van der Waals surface area contributed by atoms with Crippen LogP contribution < -0.4 is 5.32 Å². The van der Waals surface area contributed by atoms with Crippen molar-refractivity contribution >= 4 is 5.91 Å². The van der Waals surface area contributed by atoms with Crippen LogP contribution in [0, 0.1) is 6.92 Å². The van der Waals surface area contributed by atoms with Crippen molar-refractivity contribution in [1.82, 2.24) is 15.6 Å². The van der Waals surface area contributed by atoms with E-state index in [2.05, 4.69) is 20.3 Å². The Morgan fingerprint density at radius 2 is 1.94 bits per heavy atom. The van der Waals surface area contributed by atoms with Gasteiger partial charge in [-0.05, 0) is 24.9 Å². The summed E-state index contributed by atoms with van der Waals surface area (Å²) in [5, 5.41) is 10.2. The standard InChI is InChI=1S/C11H17N3O2/c1-8-10(14-16-13-8)11(15)12-9-6-4-2-3-5-7-9/h9H,2-7H2,1H3,(H,12,15). The summed E-state index contributed by atoms with van der Waals surface area (Å²) in [4.78, 5) is 11.8. The molecule has 0 bridgehead atoms. The van der Waals surface area contributed by atoms with Gasteiger partial charge in [-0.1, -0.05) is 30.8 Å². The first-order valence-corrected chi connectivity index (χ1v) is 5.87. The summed E-state index contributed by atoms with van der Waals surface area (Å²) in [5.74, 6) is -0.161. The second kappa shape index (κ2) is 5.09. The van der Waals surface area contributed by atoms with Crippen molar-refractivity contribution < 1.29 is 9.42 Å². The monoisotopic (exact) mass is 223 g/mol. The lowest BCUT2D eigenvalue weighted by Crippen LogP contribution is -2.34. The maximum absolute atomic E-state index is 11.8. The molecule has 1 aliphatic rings.